The van der Waals surface area contributed by atoms with Crippen molar-refractivity contribution in [2.24, 2.45) is 5.92 Å². The molecule has 6 nitrogen and oxygen atoms in total. The molecule has 3 atom stereocenters. The lowest BCUT2D eigenvalue weighted by Gasteiger charge is -2.19. The van der Waals surface area contributed by atoms with Crippen molar-refractivity contribution in [3.8, 4) is 0 Å². The van der Waals surface area contributed by atoms with Gasteiger partial charge in [-0.3, -0.25) is 0 Å². The Hall–Kier alpha value is -1.30. The van der Waals surface area contributed by atoms with E-state index in [9.17, 15) is 9.59 Å². The van der Waals surface area contributed by atoms with Gasteiger partial charge in [0.1, 0.15) is 0 Å². The van der Waals surface area contributed by atoms with E-state index in [2.05, 4.69) is 17.6 Å². The number of aliphatic carboxylic acids is 1. The fourth-order valence-electron chi connectivity index (χ4n) is 2.20. The van der Waals surface area contributed by atoms with Crippen LogP contribution in [-0.2, 0) is 4.79 Å². The fraction of sp³-hybridized carbons (Fsp3) is 0.833. The van der Waals surface area contributed by atoms with Crippen molar-refractivity contribution >= 4 is 12.0 Å². The van der Waals surface area contributed by atoms with Crippen LogP contribution >= 0.6 is 0 Å². The molecule has 104 valence electrons. The number of carboxylic acids is 1. The molecule has 0 heterocycles. The maximum absolute atomic E-state index is 11.6. The van der Waals surface area contributed by atoms with Gasteiger partial charge >= 0.3 is 12.0 Å². The Morgan fingerprint density at radius 1 is 1.28 bits per heavy atom. The third-order valence-corrected chi connectivity index (χ3v) is 3.38. The second-order valence-corrected chi connectivity index (χ2v) is 5.00. The molecule has 1 aliphatic rings. The molecule has 0 aromatic heterocycles. The number of urea groups is 1. The molecular formula is C12H22N2O4. The third kappa shape index (κ3) is 4.91. The summed E-state index contributed by atoms with van der Waals surface area (Å²) < 4.78 is 0. The molecule has 0 saturated heterocycles. The Morgan fingerprint density at radius 2 is 2.00 bits per heavy atom. The van der Waals surface area contributed by atoms with E-state index in [-0.39, 0.29) is 6.04 Å². The highest BCUT2D eigenvalue weighted by molar-refractivity contribution is 5.82. The van der Waals surface area contributed by atoms with Crippen LogP contribution in [0, 0.1) is 5.92 Å². The van der Waals surface area contributed by atoms with E-state index in [1.807, 2.05) is 0 Å². The van der Waals surface area contributed by atoms with Crippen LogP contribution in [0.5, 0.6) is 0 Å². The summed E-state index contributed by atoms with van der Waals surface area (Å²) in [6.07, 6.45) is 5.18. The molecule has 4 N–H and O–H groups in total. The van der Waals surface area contributed by atoms with Crippen molar-refractivity contribution in [3.05, 3.63) is 0 Å². The van der Waals surface area contributed by atoms with Crippen molar-refractivity contribution < 1.29 is 19.8 Å². The number of rotatable bonds is 4. The van der Waals surface area contributed by atoms with Gasteiger partial charge in [0.2, 0.25) is 0 Å². The summed E-state index contributed by atoms with van der Waals surface area (Å²) in [5.41, 5.74) is 0. The van der Waals surface area contributed by atoms with Crippen molar-refractivity contribution in [1.82, 2.24) is 10.6 Å². The molecule has 1 saturated carbocycles. The molecular weight excluding hydrogens is 236 g/mol. The number of hydrogen-bond acceptors (Lipinski definition) is 3. The van der Waals surface area contributed by atoms with Gasteiger partial charge in [-0.1, -0.05) is 19.8 Å². The van der Waals surface area contributed by atoms with Gasteiger partial charge in [0.05, 0.1) is 6.61 Å². The molecule has 18 heavy (non-hydrogen) atoms. The second-order valence-electron chi connectivity index (χ2n) is 5.00. The zero-order chi connectivity index (χ0) is 13.5. The average Bonchev–Trinajstić information content (AvgIpc) is 2.51. The van der Waals surface area contributed by atoms with Crippen LogP contribution in [0.4, 0.5) is 4.79 Å². The number of aliphatic hydroxyl groups is 1. The topological polar surface area (TPSA) is 98.7 Å². The van der Waals surface area contributed by atoms with E-state index in [1.54, 1.807) is 0 Å². The fourth-order valence-corrected chi connectivity index (χ4v) is 2.20. The highest BCUT2D eigenvalue weighted by atomic mass is 16.4. The van der Waals surface area contributed by atoms with Gasteiger partial charge in [-0.2, -0.15) is 0 Å². The molecule has 0 radical (unpaired) electrons. The Balaban J connectivity index is 2.37. The minimum absolute atomic E-state index is 0.100. The van der Waals surface area contributed by atoms with Gasteiger partial charge < -0.3 is 20.8 Å². The van der Waals surface area contributed by atoms with E-state index in [0.717, 1.165) is 25.7 Å². The molecule has 0 aromatic carbocycles. The minimum atomic E-state index is -1.24. The molecule has 0 bridgehead atoms. The van der Waals surface area contributed by atoms with Crippen LogP contribution in [-0.4, -0.2) is 40.9 Å². The van der Waals surface area contributed by atoms with Crippen molar-refractivity contribution in [1.29, 1.82) is 0 Å². The number of hydrogen-bond donors (Lipinski definition) is 4. The molecule has 0 aliphatic heterocycles. The predicted molar refractivity (Wildman–Crippen MR) is 66.2 cm³/mol. The maximum atomic E-state index is 11.6. The second kappa shape index (κ2) is 7.20. The van der Waals surface area contributed by atoms with Gasteiger partial charge in [0, 0.05) is 6.04 Å². The van der Waals surface area contributed by atoms with Crippen LogP contribution in [0.15, 0.2) is 0 Å². The summed E-state index contributed by atoms with van der Waals surface area (Å²) in [5, 5.41) is 22.5. The van der Waals surface area contributed by atoms with Crippen LogP contribution in [0.1, 0.15) is 39.0 Å². The molecule has 0 aromatic rings. The maximum Gasteiger partial charge on any atom is 0.328 e. The Morgan fingerprint density at radius 3 is 2.61 bits per heavy atom. The molecule has 1 aliphatic carbocycles. The summed E-state index contributed by atoms with van der Waals surface area (Å²) in [4.78, 5) is 22.2. The number of aliphatic hydroxyl groups excluding tert-OH is 1. The van der Waals surface area contributed by atoms with Crippen molar-refractivity contribution in [2.75, 3.05) is 6.61 Å². The monoisotopic (exact) mass is 258 g/mol. The van der Waals surface area contributed by atoms with Crippen LogP contribution < -0.4 is 10.6 Å². The Bertz CT molecular complexity index is 296. The predicted octanol–water partition coefficient (Wildman–Crippen LogP) is 0.700. The molecule has 1 rings (SSSR count). The standard InChI is InChI=1S/C12H22N2O4/c1-8-3-2-4-9(6-5-8)13-12(18)14-10(7-15)11(16)17/h8-10,15H,2-7H2,1H3,(H,16,17)(H2,13,14,18)/t8?,9?,10-/m1/s1. The van der Waals surface area contributed by atoms with Crippen LogP contribution in [0.25, 0.3) is 0 Å². The molecule has 2 unspecified atom stereocenters. The first-order valence-corrected chi connectivity index (χ1v) is 6.43. The Kier molecular flexibility index (Phi) is 5.91. The minimum Gasteiger partial charge on any atom is -0.480 e. The lowest BCUT2D eigenvalue weighted by atomic mass is 10.0. The van der Waals surface area contributed by atoms with Gasteiger partial charge in [0.15, 0.2) is 6.04 Å². The van der Waals surface area contributed by atoms with Crippen LogP contribution in [0.3, 0.4) is 0 Å². The smallest absolute Gasteiger partial charge is 0.328 e. The molecule has 2 amide bonds. The quantitative estimate of drug-likeness (QED) is 0.558. The average molecular weight is 258 g/mol. The van der Waals surface area contributed by atoms with Crippen molar-refractivity contribution in [3.63, 3.8) is 0 Å². The number of carboxylic acid groups (broad SMARTS) is 1. The van der Waals surface area contributed by atoms with E-state index in [1.165, 1.54) is 6.42 Å². The largest absolute Gasteiger partial charge is 0.480 e. The van der Waals surface area contributed by atoms with Gasteiger partial charge in [-0.05, 0) is 25.2 Å². The highest BCUT2D eigenvalue weighted by Gasteiger charge is 2.22. The first kappa shape index (κ1) is 14.8. The summed E-state index contributed by atoms with van der Waals surface area (Å²) in [7, 11) is 0. The van der Waals surface area contributed by atoms with Crippen molar-refractivity contribution in [2.45, 2.75) is 51.1 Å². The zero-order valence-corrected chi connectivity index (χ0v) is 10.7. The normalized spacial score (nSPS) is 25.9. The van der Waals surface area contributed by atoms with Crippen LogP contribution in [0.2, 0.25) is 0 Å². The lowest BCUT2D eigenvalue weighted by Crippen LogP contribution is -2.50. The lowest BCUT2D eigenvalue weighted by molar-refractivity contribution is -0.140. The molecule has 1 fully saturated rings. The van der Waals surface area contributed by atoms with E-state index in [0.29, 0.717) is 5.92 Å². The SMILES string of the molecule is CC1CCCC(NC(=O)N[C@H](CO)C(=O)O)CC1. The first-order valence-electron chi connectivity index (χ1n) is 6.43. The zero-order valence-electron chi connectivity index (χ0n) is 10.7. The summed E-state index contributed by atoms with van der Waals surface area (Å²) in [6.45, 7) is 1.60. The Labute approximate surface area is 107 Å². The summed E-state index contributed by atoms with van der Waals surface area (Å²) in [6, 6.07) is -1.66. The highest BCUT2D eigenvalue weighted by Crippen LogP contribution is 2.22. The van der Waals surface area contributed by atoms with Gasteiger partial charge in [-0.15, -0.1) is 0 Å². The van der Waals surface area contributed by atoms with E-state index in [4.69, 9.17) is 10.2 Å². The van der Waals surface area contributed by atoms with Gasteiger partial charge in [0.25, 0.3) is 0 Å². The number of carbonyl (C=O) groups is 2. The third-order valence-electron chi connectivity index (χ3n) is 3.38. The summed E-state index contributed by atoms with van der Waals surface area (Å²) in [5.74, 6) is -0.550. The number of carbonyl (C=O) groups excluding carboxylic acids is 1. The van der Waals surface area contributed by atoms with Gasteiger partial charge in [-0.25, -0.2) is 9.59 Å². The van der Waals surface area contributed by atoms with E-state index < -0.39 is 24.6 Å². The summed E-state index contributed by atoms with van der Waals surface area (Å²) >= 11 is 0. The number of amides is 2. The number of nitrogens with one attached hydrogen (secondary N) is 2. The first-order chi connectivity index (χ1) is 8.52. The van der Waals surface area contributed by atoms with E-state index >= 15 is 0 Å². The molecule has 0 spiro atoms. The molecule has 6 heteroatoms.